The topological polar surface area (TPSA) is 87.3 Å². The highest BCUT2D eigenvalue weighted by Gasteiger charge is 2.39. The van der Waals surface area contributed by atoms with E-state index in [0.29, 0.717) is 55.3 Å². The molecule has 1 aromatic heterocycles. The molecular formula is C23H31FN4O3. The highest BCUT2D eigenvalue weighted by Crippen LogP contribution is 2.30. The fourth-order valence-electron chi connectivity index (χ4n) is 4.58. The van der Waals surface area contributed by atoms with Gasteiger partial charge in [0.15, 0.2) is 0 Å². The number of nitrogens with zero attached hydrogens (tertiary/aromatic N) is 2. The fraction of sp³-hybridized carbons (Fsp3) is 0.609. The zero-order valence-corrected chi connectivity index (χ0v) is 18.1. The Morgan fingerprint density at radius 2 is 2.16 bits per heavy atom. The number of aromatic amines is 1. The molecule has 2 N–H and O–H groups in total. The number of halogens is 1. The predicted octanol–water partition coefficient (Wildman–Crippen LogP) is 2.81. The maximum atomic E-state index is 13.4. The summed E-state index contributed by atoms with van der Waals surface area (Å²) in [5.41, 5.74) is 0.764. The lowest BCUT2D eigenvalue weighted by molar-refractivity contribution is -0.140. The number of aryl methyl sites for hydroxylation is 1. The summed E-state index contributed by atoms with van der Waals surface area (Å²) >= 11 is 0. The molecule has 31 heavy (non-hydrogen) atoms. The molecule has 3 heterocycles. The van der Waals surface area contributed by atoms with Crippen LogP contribution in [0.3, 0.4) is 0 Å². The maximum absolute atomic E-state index is 13.4. The number of amides is 2. The minimum Gasteiger partial charge on any atom is -0.381 e. The van der Waals surface area contributed by atoms with Crippen molar-refractivity contribution >= 4 is 22.8 Å². The number of piperidine rings is 1. The number of hydrogen-bond acceptors (Lipinski definition) is 4. The van der Waals surface area contributed by atoms with Gasteiger partial charge in [-0.2, -0.15) is 0 Å². The zero-order valence-electron chi connectivity index (χ0n) is 18.1. The van der Waals surface area contributed by atoms with E-state index in [1.165, 1.54) is 12.1 Å². The molecule has 2 aromatic rings. The van der Waals surface area contributed by atoms with Crippen LogP contribution in [0, 0.1) is 17.2 Å². The van der Waals surface area contributed by atoms with Gasteiger partial charge in [-0.1, -0.05) is 0 Å². The first-order valence-corrected chi connectivity index (χ1v) is 11.2. The van der Waals surface area contributed by atoms with Crippen LogP contribution in [0.15, 0.2) is 18.2 Å². The van der Waals surface area contributed by atoms with Crippen LogP contribution in [-0.2, 0) is 20.7 Å². The number of carbonyl (C=O) groups is 2. The molecule has 2 aliphatic rings. The lowest BCUT2D eigenvalue weighted by atomic mass is 9.80. The molecule has 2 fully saturated rings. The molecule has 0 spiro atoms. The fourth-order valence-corrected chi connectivity index (χ4v) is 4.58. The Labute approximate surface area is 181 Å². The number of hydrogen-bond donors (Lipinski definition) is 2. The highest BCUT2D eigenvalue weighted by atomic mass is 19.1. The number of aromatic nitrogens is 2. The van der Waals surface area contributed by atoms with Crippen molar-refractivity contribution < 1.29 is 18.7 Å². The highest BCUT2D eigenvalue weighted by molar-refractivity contribution is 5.84. The average Bonchev–Trinajstić information content (AvgIpc) is 3.18. The quantitative estimate of drug-likeness (QED) is 0.738. The summed E-state index contributed by atoms with van der Waals surface area (Å²) in [7, 11) is 0. The summed E-state index contributed by atoms with van der Waals surface area (Å²) in [4.78, 5) is 35.1. The third kappa shape index (κ3) is 5.23. The van der Waals surface area contributed by atoms with Crippen LogP contribution in [0.25, 0.3) is 11.0 Å². The molecular weight excluding hydrogens is 399 g/mol. The zero-order chi connectivity index (χ0) is 21.8. The lowest BCUT2D eigenvalue weighted by Gasteiger charge is -2.39. The van der Waals surface area contributed by atoms with E-state index in [1.54, 1.807) is 11.0 Å². The van der Waals surface area contributed by atoms with Gasteiger partial charge in [0.05, 0.1) is 16.4 Å². The number of fused-ring (bicyclic) bond motifs is 1. The van der Waals surface area contributed by atoms with E-state index in [-0.39, 0.29) is 17.6 Å². The van der Waals surface area contributed by atoms with Crippen molar-refractivity contribution in [2.24, 2.45) is 11.3 Å². The van der Waals surface area contributed by atoms with Crippen LogP contribution in [0.2, 0.25) is 0 Å². The molecule has 0 aliphatic carbocycles. The van der Waals surface area contributed by atoms with Gasteiger partial charge in [0.2, 0.25) is 11.8 Å². The Morgan fingerprint density at radius 3 is 2.97 bits per heavy atom. The smallest absolute Gasteiger partial charge is 0.227 e. The van der Waals surface area contributed by atoms with Crippen molar-refractivity contribution in [1.82, 2.24) is 20.2 Å². The largest absolute Gasteiger partial charge is 0.381 e. The maximum Gasteiger partial charge on any atom is 0.227 e. The van der Waals surface area contributed by atoms with Crippen molar-refractivity contribution in [2.75, 3.05) is 32.8 Å². The van der Waals surface area contributed by atoms with E-state index in [9.17, 15) is 14.0 Å². The first-order chi connectivity index (χ1) is 14.9. The Balaban J connectivity index is 1.30. The first kappa shape index (κ1) is 21.7. The van der Waals surface area contributed by atoms with Gasteiger partial charge in [0, 0.05) is 45.7 Å². The molecule has 0 bridgehead atoms. The van der Waals surface area contributed by atoms with Crippen molar-refractivity contribution in [3.63, 3.8) is 0 Å². The van der Waals surface area contributed by atoms with Crippen LogP contribution >= 0.6 is 0 Å². The van der Waals surface area contributed by atoms with Gasteiger partial charge in [-0.05, 0) is 56.7 Å². The van der Waals surface area contributed by atoms with Crippen LogP contribution in [-0.4, -0.2) is 59.5 Å². The molecule has 2 saturated heterocycles. The number of carbonyl (C=O) groups excluding carboxylic acids is 2. The molecule has 1 atom stereocenters. The lowest BCUT2D eigenvalue weighted by Crippen LogP contribution is -2.52. The summed E-state index contributed by atoms with van der Waals surface area (Å²) in [5, 5.41) is 3.12. The summed E-state index contributed by atoms with van der Waals surface area (Å²) in [6.45, 7) is 5.28. The number of benzene rings is 1. The molecule has 0 radical (unpaired) electrons. The molecule has 2 aliphatic heterocycles. The molecule has 1 aromatic carbocycles. The molecule has 0 saturated carbocycles. The van der Waals surface area contributed by atoms with Crippen LogP contribution in [0.5, 0.6) is 0 Å². The van der Waals surface area contributed by atoms with Crippen LogP contribution in [0.1, 0.15) is 44.9 Å². The van der Waals surface area contributed by atoms with Crippen molar-refractivity contribution in [1.29, 1.82) is 0 Å². The Morgan fingerprint density at radius 1 is 1.35 bits per heavy atom. The van der Waals surface area contributed by atoms with E-state index in [4.69, 9.17) is 4.74 Å². The number of H-pyrrole nitrogens is 1. The molecule has 7 nitrogen and oxygen atoms in total. The van der Waals surface area contributed by atoms with Gasteiger partial charge in [-0.25, -0.2) is 9.37 Å². The second-order valence-electron chi connectivity index (χ2n) is 9.09. The van der Waals surface area contributed by atoms with E-state index >= 15 is 0 Å². The van der Waals surface area contributed by atoms with Gasteiger partial charge in [-0.3, -0.25) is 9.59 Å². The van der Waals surface area contributed by atoms with Gasteiger partial charge in [-0.15, -0.1) is 0 Å². The summed E-state index contributed by atoms with van der Waals surface area (Å²) in [6, 6.07) is 4.41. The molecule has 168 valence electrons. The Kier molecular flexibility index (Phi) is 6.55. The average molecular weight is 431 g/mol. The number of rotatable bonds is 6. The van der Waals surface area contributed by atoms with E-state index in [1.807, 2.05) is 6.92 Å². The third-order valence-corrected chi connectivity index (χ3v) is 6.56. The normalized spacial score (nSPS) is 22.6. The van der Waals surface area contributed by atoms with Gasteiger partial charge in [0.25, 0.3) is 0 Å². The van der Waals surface area contributed by atoms with E-state index in [0.717, 1.165) is 38.9 Å². The Bertz CT molecular complexity index is 940. The summed E-state index contributed by atoms with van der Waals surface area (Å²) in [6.07, 6.45) is 4.33. The second kappa shape index (κ2) is 9.34. The van der Waals surface area contributed by atoms with Crippen LogP contribution < -0.4 is 5.32 Å². The van der Waals surface area contributed by atoms with Gasteiger partial charge >= 0.3 is 0 Å². The van der Waals surface area contributed by atoms with E-state index in [2.05, 4.69) is 15.3 Å². The van der Waals surface area contributed by atoms with Crippen molar-refractivity contribution in [2.45, 2.75) is 45.4 Å². The predicted molar refractivity (Wildman–Crippen MR) is 115 cm³/mol. The number of likely N-dealkylation sites (tertiary alicyclic amines) is 1. The summed E-state index contributed by atoms with van der Waals surface area (Å²) in [5.74, 6) is 0.884. The number of ether oxygens (including phenoxy) is 1. The summed E-state index contributed by atoms with van der Waals surface area (Å²) < 4.78 is 18.7. The monoisotopic (exact) mass is 430 g/mol. The van der Waals surface area contributed by atoms with Crippen molar-refractivity contribution in [3.8, 4) is 0 Å². The second-order valence-corrected chi connectivity index (χ2v) is 9.09. The molecule has 0 unspecified atom stereocenters. The third-order valence-electron chi connectivity index (χ3n) is 6.56. The SMILES string of the molecule is C[C@]1(C(=O)NCC2CCOCC2)CCCN(C(=O)CCc2nc3ccc(F)cc3[nH]2)C1. The van der Waals surface area contributed by atoms with Gasteiger partial charge < -0.3 is 19.9 Å². The molecule has 2 amide bonds. The Hall–Kier alpha value is -2.48. The number of nitrogens with one attached hydrogen (secondary N) is 2. The standard InChI is InChI=1S/C23H31FN4O3/c1-23(22(30)25-14-16-7-11-31-12-8-16)9-2-10-28(15-23)21(29)6-5-20-26-18-4-3-17(24)13-19(18)27-20/h3-4,13,16H,2,5-12,14-15H2,1H3,(H,25,30)(H,26,27)/t23-/m0/s1. The minimum absolute atomic E-state index is 0.0230. The van der Waals surface area contributed by atoms with E-state index < -0.39 is 5.41 Å². The molecule has 8 heteroatoms. The first-order valence-electron chi connectivity index (χ1n) is 11.2. The van der Waals surface area contributed by atoms with Crippen LogP contribution in [0.4, 0.5) is 4.39 Å². The van der Waals surface area contributed by atoms with Gasteiger partial charge in [0.1, 0.15) is 11.6 Å². The molecule has 4 rings (SSSR count). The number of imidazole rings is 1. The minimum atomic E-state index is -0.560. The van der Waals surface area contributed by atoms with Crippen molar-refractivity contribution in [3.05, 3.63) is 29.8 Å².